The van der Waals surface area contributed by atoms with Gasteiger partial charge in [0.15, 0.2) is 6.61 Å². The average molecular weight is 345 g/mol. The molecule has 1 aromatic heterocycles. The molecule has 2 aromatic rings. The van der Waals surface area contributed by atoms with Crippen LogP contribution in [0.25, 0.3) is 0 Å². The van der Waals surface area contributed by atoms with Crippen molar-refractivity contribution < 1.29 is 14.3 Å². The van der Waals surface area contributed by atoms with Crippen LogP contribution < -0.4 is 16.6 Å². The van der Waals surface area contributed by atoms with Crippen LogP contribution in [0.15, 0.2) is 52.2 Å². The highest BCUT2D eigenvalue weighted by molar-refractivity contribution is 5.80. The molecular formula is C17H19N3O5. The first kappa shape index (κ1) is 18.2. The standard InChI is InChI=1S/C17H19N3O5/c1-12(13-5-3-2-4-6-13)9-18-15(22)11-25-16(23)10-20-8-7-14(21)19-17(20)24/h2-8,12H,9-11H2,1H3,(H,18,22)(H,19,21,24)/t12-/m0/s1. The number of nitrogens with one attached hydrogen (secondary N) is 2. The van der Waals surface area contributed by atoms with E-state index in [-0.39, 0.29) is 12.5 Å². The Labute approximate surface area is 143 Å². The van der Waals surface area contributed by atoms with Gasteiger partial charge in [0.2, 0.25) is 0 Å². The lowest BCUT2D eigenvalue weighted by Gasteiger charge is -2.13. The minimum absolute atomic E-state index is 0.126. The van der Waals surface area contributed by atoms with Crippen LogP contribution >= 0.6 is 0 Å². The van der Waals surface area contributed by atoms with E-state index in [0.717, 1.165) is 16.2 Å². The number of H-pyrrole nitrogens is 1. The highest BCUT2D eigenvalue weighted by atomic mass is 16.5. The van der Waals surface area contributed by atoms with E-state index in [2.05, 4.69) is 5.32 Å². The Balaban J connectivity index is 1.75. The van der Waals surface area contributed by atoms with Crippen LogP contribution in [0.2, 0.25) is 0 Å². The minimum atomic E-state index is -0.750. The average Bonchev–Trinajstić information content (AvgIpc) is 2.61. The number of aromatic amines is 1. The van der Waals surface area contributed by atoms with Crippen LogP contribution in [0.3, 0.4) is 0 Å². The molecule has 0 bridgehead atoms. The van der Waals surface area contributed by atoms with Gasteiger partial charge in [0.25, 0.3) is 11.5 Å². The number of nitrogens with zero attached hydrogens (tertiary/aromatic N) is 1. The van der Waals surface area contributed by atoms with Crippen molar-refractivity contribution in [1.82, 2.24) is 14.9 Å². The molecule has 0 fully saturated rings. The second-order valence-electron chi connectivity index (χ2n) is 5.51. The zero-order chi connectivity index (χ0) is 18.2. The summed E-state index contributed by atoms with van der Waals surface area (Å²) in [7, 11) is 0. The zero-order valence-corrected chi connectivity index (χ0v) is 13.7. The van der Waals surface area contributed by atoms with Crippen LogP contribution in [0.5, 0.6) is 0 Å². The van der Waals surface area contributed by atoms with Gasteiger partial charge >= 0.3 is 11.7 Å². The molecule has 0 aliphatic rings. The van der Waals surface area contributed by atoms with Crippen LogP contribution in [-0.2, 0) is 20.9 Å². The fourth-order valence-electron chi connectivity index (χ4n) is 2.12. The highest BCUT2D eigenvalue weighted by Crippen LogP contribution is 2.12. The van der Waals surface area contributed by atoms with Gasteiger partial charge in [0.05, 0.1) is 0 Å². The molecular weight excluding hydrogens is 326 g/mol. The lowest BCUT2D eigenvalue weighted by atomic mass is 10.0. The summed E-state index contributed by atoms with van der Waals surface area (Å²) in [5, 5.41) is 2.69. The maximum absolute atomic E-state index is 11.7. The third kappa shape index (κ3) is 5.76. The number of rotatable bonds is 7. The van der Waals surface area contributed by atoms with E-state index in [4.69, 9.17) is 4.74 Å². The predicted octanol–water partition coefficient (Wildman–Crippen LogP) is -0.000300. The molecule has 1 amide bonds. The molecule has 0 saturated carbocycles. The number of carbonyl (C=O) groups is 2. The second-order valence-corrected chi connectivity index (χ2v) is 5.51. The fourth-order valence-corrected chi connectivity index (χ4v) is 2.12. The van der Waals surface area contributed by atoms with Gasteiger partial charge in [-0.2, -0.15) is 0 Å². The summed E-state index contributed by atoms with van der Waals surface area (Å²) in [6.45, 7) is 1.58. The maximum Gasteiger partial charge on any atom is 0.328 e. The summed E-state index contributed by atoms with van der Waals surface area (Å²) in [5.41, 5.74) is -0.177. The maximum atomic E-state index is 11.7. The SMILES string of the molecule is C[C@@H](CNC(=O)COC(=O)Cn1ccc(=O)[nH]c1=O)c1ccccc1. The molecule has 132 valence electrons. The molecule has 0 spiro atoms. The van der Waals surface area contributed by atoms with Crippen molar-refractivity contribution in [1.29, 1.82) is 0 Å². The molecule has 0 saturated heterocycles. The number of hydrogen-bond acceptors (Lipinski definition) is 5. The molecule has 0 unspecified atom stereocenters. The highest BCUT2D eigenvalue weighted by Gasteiger charge is 2.11. The Kier molecular flexibility index (Phi) is 6.27. The summed E-state index contributed by atoms with van der Waals surface area (Å²) in [6.07, 6.45) is 1.18. The molecule has 1 heterocycles. The van der Waals surface area contributed by atoms with E-state index < -0.39 is 29.7 Å². The van der Waals surface area contributed by atoms with E-state index in [1.807, 2.05) is 42.2 Å². The van der Waals surface area contributed by atoms with Gasteiger partial charge in [-0.05, 0) is 11.5 Å². The number of ether oxygens (including phenoxy) is 1. The Morgan fingerprint density at radius 1 is 1.20 bits per heavy atom. The van der Waals surface area contributed by atoms with E-state index >= 15 is 0 Å². The van der Waals surface area contributed by atoms with Crippen molar-refractivity contribution >= 4 is 11.9 Å². The lowest BCUT2D eigenvalue weighted by Crippen LogP contribution is -2.34. The van der Waals surface area contributed by atoms with Gasteiger partial charge in [-0.15, -0.1) is 0 Å². The molecule has 8 nitrogen and oxygen atoms in total. The van der Waals surface area contributed by atoms with Crippen LogP contribution in [-0.4, -0.2) is 34.6 Å². The van der Waals surface area contributed by atoms with Gasteiger partial charge in [-0.25, -0.2) is 4.79 Å². The Morgan fingerprint density at radius 2 is 1.92 bits per heavy atom. The summed E-state index contributed by atoms with van der Waals surface area (Å²) in [4.78, 5) is 47.8. The van der Waals surface area contributed by atoms with E-state index in [9.17, 15) is 19.2 Å². The topological polar surface area (TPSA) is 110 Å². The molecule has 2 rings (SSSR count). The van der Waals surface area contributed by atoms with Crippen molar-refractivity contribution in [2.45, 2.75) is 19.4 Å². The van der Waals surface area contributed by atoms with Gasteiger partial charge in [-0.1, -0.05) is 37.3 Å². The Bertz CT molecular complexity index is 841. The quantitative estimate of drug-likeness (QED) is 0.686. The molecule has 25 heavy (non-hydrogen) atoms. The second kappa shape index (κ2) is 8.62. The Morgan fingerprint density at radius 3 is 2.60 bits per heavy atom. The number of carbonyl (C=O) groups excluding carboxylic acids is 2. The summed E-state index contributed by atoms with van der Waals surface area (Å²) in [5.74, 6) is -1.05. The number of esters is 1. The molecule has 0 aliphatic carbocycles. The van der Waals surface area contributed by atoms with Crippen molar-refractivity contribution in [3.63, 3.8) is 0 Å². The third-order valence-electron chi connectivity index (χ3n) is 3.53. The van der Waals surface area contributed by atoms with Crippen molar-refractivity contribution in [3.05, 3.63) is 69.0 Å². The first-order valence-electron chi connectivity index (χ1n) is 7.72. The van der Waals surface area contributed by atoms with E-state index in [1.165, 1.54) is 6.20 Å². The van der Waals surface area contributed by atoms with Crippen LogP contribution in [0.1, 0.15) is 18.4 Å². The van der Waals surface area contributed by atoms with E-state index in [1.54, 1.807) is 0 Å². The number of benzene rings is 1. The van der Waals surface area contributed by atoms with Crippen molar-refractivity contribution in [2.75, 3.05) is 13.2 Å². The number of hydrogen-bond donors (Lipinski definition) is 2. The predicted molar refractivity (Wildman–Crippen MR) is 90.1 cm³/mol. The fraction of sp³-hybridized carbons (Fsp3) is 0.294. The number of amides is 1. The Hall–Kier alpha value is -3.16. The first-order chi connectivity index (χ1) is 12.0. The van der Waals surface area contributed by atoms with Gasteiger partial charge < -0.3 is 10.1 Å². The summed E-state index contributed by atoms with van der Waals surface area (Å²) < 4.78 is 5.81. The van der Waals surface area contributed by atoms with Gasteiger partial charge in [0.1, 0.15) is 6.54 Å². The van der Waals surface area contributed by atoms with Crippen molar-refractivity contribution in [3.8, 4) is 0 Å². The van der Waals surface area contributed by atoms with E-state index in [0.29, 0.717) is 6.54 Å². The molecule has 1 aromatic carbocycles. The van der Waals surface area contributed by atoms with Gasteiger partial charge in [-0.3, -0.25) is 23.9 Å². The largest absolute Gasteiger partial charge is 0.454 e. The molecule has 2 N–H and O–H groups in total. The van der Waals surface area contributed by atoms with Crippen LogP contribution in [0.4, 0.5) is 0 Å². The van der Waals surface area contributed by atoms with Crippen molar-refractivity contribution in [2.24, 2.45) is 0 Å². The molecule has 1 atom stereocenters. The minimum Gasteiger partial charge on any atom is -0.454 e. The summed E-state index contributed by atoms with van der Waals surface area (Å²) in [6, 6.07) is 10.8. The normalized spacial score (nSPS) is 11.6. The smallest absolute Gasteiger partial charge is 0.328 e. The lowest BCUT2D eigenvalue weighted by molar-refractivity contribution is -0.149. The van der Waals surface area contributed by atoms with Gasteiger partial charge in [0, 0.05) is 18.8 Å². The van der Waals surface area contributed by atoms with Crippen LogP contribution in [0, 0.1) is 0 Å². The zero-order valence-electron chi connectivity index (χ0n) is 13.7. The molecule has 0 radical (unpaired) electrons. The first-order valence-corrected chi connectivity index (χ1v) is 7.72. The monoisotopic (exact) mass is 345 g/mol. The third-order valence-corrected chi connectivity index (χ3v) is 3.53. The molecule has 8 heteroatoms. The molecule has 0 aliphatic heterocycles. The number of aromatic nitrogens is 2. The summed E-state index contributed by atoms with van der Waals surface area (Å²) >= 11 is 0.